The molecule has 0 bridgehead atoms. The Hall–Kier alpha value is -1.04. The maximum atomic E-state index is 3.74. The maximum Gasteiger partial charge on any atom is -0.0273 e. The molecule has 0 nitrogen and oxygen atoms in total. The van der Waals surface area contributed by atoms with Crippen molar-refractivity contribution in [3.05, 3.63) is 48.6 Å². The molecule has 0 N–H and O–H groups in total. The second-order valence-corrected chi connectivity index (χ2v) is 2.39. The van der Waals surface area contributed by atoms with E-state index in [1.807, 2.05) is 45.9 Å². The first-order valence-electron chi connectivity index (χ1n) is 5.87. The van der Waals surface area contributed by atoms with Crippen molar-refractivity contribution in [2.75, 3.05) is 0 Å². The molecule has 0 aromatic rings. The molecule has 0 radical (unpaired) electrons. The van der Waals surface area contributed by atoms with E-state index in [2.05, 4.69) is 27.0 Å². The number of rotatable bonds is 4. The summed E-state index contributed by atoms with van der Waals surface area (Å²) in [6, 6.07) is 0. The highest BCUT2D eigenvalue weighted by molar-refractivity contribution is 5.34. The molecule has 0 heteroatoms. The van der Waals surface area contributed by atoms with Crippen molar-refractivity contribution < 1.29 is 0 Å². The van der Waals surface area contributed by atoms with Crippen molar-refractivity contribution in [1.82, 2.24) is 0 Å². The minimum Gasteiger partial charge on any atom is -0.0991 e. The van der Waals surface area contributed by atoms with Gasteiger partial charge in [0.15, 0.2) is 0 Å². The van der Waals surface area contributed by atoms with Crippen molar-refractivity contribution in [2.45, 2.75) is 48.0 Å². The second-order valence-electron chi connectivity index (χ2n) is 2.39. The molecule has 0 fully saturated rings. The third kappa shape index (κ3) is 13.0. The monoisotopic (exact) mass is 208 g/mol. The van der Waals surface area contributed by atoms with Gasteiger partial charge in [0.25, 0.3) is 0 Å². The molecule has 0 rings (SSSR count). The minimum atomic E-state index is 1.07. The van der Waals surface area contributed by atoms with Crippen LogP contribution in [-0.4, -0.2) is 0 Å². The van der Waals surface area contributed by atoms with E-state index in [1.54, 1.807) is 6.08 Å². The standard InChI is InChI=1S/C11H16.2C2H6/c1-5-8-9-11(7-3)10(4)6-2;2*1-2/h5,7-9H,1,3,6H2,2,4H3;2*1-2H3/b9-8-,11-10+;;. The van der Waals surface area contributed by atoms with Crippen LogP contribution in [0.15, 0.2) is 48.6 Å². The topological polar surface area (TPSA) is 0 Å². The third-order valence-electron chi connectivity index (χ3n) is 1.65. The van der Waals surface area contributed by atoms with E-state index in [9.17, 15) is 0 Å². The molecule has 0 aliphatic carbocycles. The van der Waals surface area contributed by atoms with Crippen molar-refractivity contribution >= 4 is 0 Å². The summed E-state index contributed by atoms with van der Waals surface area (Å²) >= 11 is 0. The lowest BCUT2D eigenvalue weighted by Gasteiger charge is -1.98. The molecule has 0 amide bonds. The molecule has 0 saturated carbocycles. The van der Waals surface area contributed by atoms with Gasteiger partial charge in [-0.3, -0.25) is 0 Å². The second kappa shape index (κ2) is 18.7. The zero-order valence-corrected chi connectivity index (χ0v) is 11.4. The van der Waals surface area contributed by atoms with E-state index in [1.165, 1.54) is 11.1 Å². The van der Waals surface area contributed by atoms with Gasteiger partial charge >= 0.3 is 0 Å². The van der Waals surface area contributed by atoms with Crippen LogP contribution in [0.1, 0.15) is 48.0 Å². The summed E-state index contributed by atoms with van der Waals surface area (Å²) in [7, 11) is 0. The summed E-state index contributed by atoms with van der Waals surface area (Å²) in [5.74, 6) is 0. The Labute approximate surface area is 97.1 Å². The molecule has 0 aliphatic rings. The zero-order chi connectivity index (χ0) is 12.7. The van der Waals surface area contributed by atoms with Crippen molar-refractivity contribution in [2.24, 2.45) is 0 Å². The van der Waals surface area contributed by atoms with Gasteiger partial charge in [0, 0.05) is 0 Å². The largest absolute Gasteiger partial charge is 0.0991 e. The summed E-state index contributed by atoms with van der Waals surface area (Å²) in [4.78, 5) is 0. The van der Waals surface area contributed by atoms with Gasteiger partial charge in [0.2, 0.25) is 0 Å². The van der Waals surface area contributed by atoms with E-state index in [0.717, 1.165) is 6.42 Å². The van der Waals surface area contributed by atoms with Gasteiger partial charge in [0.1, 0.15) is 0 Å². The van der Waals surface area contributed by atoms with Gasteiger partial charge in [-0.25, -0.2) is 0 Å². The van der Waals surface area contributed by atoms with Crippen LogP contribution in [0.3, 0.4) is 0 Å². The summed E-state index contributed by atoms with van der Waals surface area (Å²) in [5, 5.41) is 0. The fourth-order valence-corrected chi connectivity index (χ4v) is 0.760. The first-order chi connectivity index (χ1) is 7.26. The van der Waals surface area contributed by atoms with E-state index in [0.29, 0.717) is 0 Å². The molecule has 0 saturated heterocycles. The Kier molecular flexibility index (Phi) is 24.3. The number of hydrogen-bond acceptors (Lipinski definition) is 0. The normalized spacial score (nSPS) is 10.3. The lowest BCUT2D eigenvalue weighted by molar-refractivity contribution is 1.08. The highest BCUT2D eigenvalue weighted by atomic mass is 14.0. The Morgan fingerprint density at radius 1 is 1.07 bits per heavy atom. The van der Waals surface area contributed by atoms with E-state index >= 15 is 0 Å². The van der Waals surface area contributed by atoms with Crippen LogP contribution in [0.5, 0.6) is 0 Å². The van der Waals surface area contributed by atoms with Gasteiger partial charge in [-0.05, 0) is 18.9 Å². The van der Waals surface area contributed by atoms with Crippen LogP contribution >= 0.6 is 0 Å². The Morgan fingerprint density at radius 2 is 1.53 bits per heavy atom. The van der Waals surface area contributed by atoms with Crippen LogP contribution in [0.2, 0.25) is 0 Å². The van der Waals surface area contributed by atoms with Gasteiger partial charge in [-0.1, -0.05) is 77.7 Å². The predicted octanol–water partition coefficient (Wildman–Crippen LogP) is 5.69. The van der Waals surface area contributed by atoms with Crippen molar-refractivity contribution in [3.63, 3.8) is 0 Å². The van der Waals surface area contributed by atoms with Crippen LogP contribution in [0, 0.1) is 0 Å². The molecule has 0 aliphatic heterocycles. The first-order valence-corrected chi connectivity index (χ1v) is 5.87. The highest BCUT2D eigenvalue weighted by Gasteiger charge is 1.89. The molecule has 0 unspecified atom stereocenters. The molecule has 0 spiro atoms. The minimum absolute atomic E-state index is 1.07. The lowest BCUT2D eigenvalue weighted by Crippen LogP contribution is -1.78. The lowest BCUT2D eigenvalue weighted by atomic mass is 10.1. The quantitative estimate of drug-likeness (QED) is 0.520. The Morgan fingerprint density at radius 3 is 1.80 bits per heavy atom. The fourth-order valence-electron chi connectivity index (χ4n) is 0.760. The van der Waals surface area contributed by atoms with Gasteiger partial charge in [0.05, 0.1) is 0 Å². The molecule has 0 atom stereocenters. The maximum absolute atomic E-state index is 3.74. The molecular weight excluding hydrogens is 180 g/mol. The summed E-state index contributed by atoms with van der Waals surface area (Å²) in [5.41, 5.74) is 2.56. The molecule has 15 heavy (non-hydrogen) atoms. The van der Waals surface area contributed by atoms with E-state index in [-0.39, 0.29) is 0 Å². The van der Waals surface area contributed by atoms with Crippen molar-refractivity contribution in [3.8, 4) is 0 Å². The fraction of sp³-hybridized carbons (Fsp3) is 0.467. The summed E-state index contributed by atoms with van der Waals surface area (Å²) in [6.07, 6.45) is 8.67. The molecule has 88 valence electrons. The van der Waals surface area contributed by atoms with Crippen LogP contribution in [-0.2, 0) is 0 Å². The summed E-state index contributed by atoms with van der Waals surface area (Å²) in [6.45, 7) is 19.6. The van der Waals surface area contributed by atoms with E-state index < -0.39 is 0 Å². The molecular formula is C15H28. The van der Waals surface area contributed by atoms with Gasteiger partial charge in [-0.15, -0.1) is 0 Å². The van der Waals surface area contributed by atoms with Crippen molar-refractivity contribution in [1.29, 1.82) is 0 Å². The van der Waals surface area contributed by atoms with Crippen LogP contribution in [0.4, 0.5) is 0 Å². The molecule has 0 aromatic carbocycles. The number of hydrogen-bond donors (Lipinski definition) is 0. The zero-order valence-electron chi connectivity index (χ0n) is 11.4. The van der Waals surface area contributed by atoms with Crippen LogP contribution in [0.25, 0.3) is 0 Å². The smallest absolute Gasteiger partial charge is 0.0273 e. The van der Waals surface area contributed by atoms with E-state index in [4.69, 9.17) is 0 Å². The van der Waals surface area contributed by atoms with Crippen LogP contribution < -0.4 is 0 Å². The predicted molar refractivity (Wildman–Crippen MR) is 75.2 cm³/mol. The Balaban J connectivity index is -0.000000318. The highest BCUT2D eigenvalue weighted by Crippen LogP contribution is 2.09. The third-order valence-corrected chi connectivity index (χ3v) is 1.65. The Bertz CT molecular complexity index is 192. The molecule has 0 heterocycles. The number of allylic oxidation sites excluding steroid dienone is 6. The first kappa shape index (κ1) is 19.5. The SMILES string of the molecule is C=C/C=C\C(C=C)=C(/C)CC.CC.CC. The van der Waals surface area contributed by atoms with Gasteiger partial charge in [-0.2, -0.15) is 0 Å². The van der Waals surface area contributed by atoms with Gasteiger partial charge < -0.3 is 0 Å². The summed E-state index contributed by atoms with van der Waals surface area (Å²) < 4.78 is 0. The average Bonchev–Trinajstić information content (AvgIpc) is 2.34. The molecule has 0 aromatic heterocycles. The average molecular weight is 208 g/mol.